The number of rotatable bonds is 0. The normalized spacial score (nSPS) is 45.2. The van der Waals surface area contributed by atoms with Crippen LogP contribution in [0, 0.1) is 46.5 Å². The van der Waals surface area contributed by atoms with Crippen LogP contribution in [-0.4, -0.2) is 6.04 Å². The summed E-state index contributed by atoms with van der Waals surface area (Å²) in [6.07, 6.45) is 2.58. The maximum absolute atomic E-state index is 5.51. The fourth-order valence-electron chi connectivity index (χ4n) is 0.485. The molecule has 1 rings (SSSR count). The summed E-state index contributed by atoms with van der Waals surface area (Å²) in [6.45, 7) is 0. The zero-order valence-corrected chi connectivity index (χ0v) is 5.68. The average molecular weight is 202 g/mol. The van der Waals surface area contributed by atoms with E-state index < -0.39 is 0 Å². The third kappa shape index (κ3) is 1.02. The van der Waals surface area contributed by atoms with Crippen LogP contribution < -0.4 is 5.73 Å². The molecule has 0 aliphatic heterocycles. The van der Waals surface area contributed by atoms with Gasteiger partial charge >= 0.3 is 71.5 Å². The van der Waals surface area contributed by atoms with Crippen molar-refractivity contribution in [1.82, 2.24) is 0 Å². The quantitative estimate of drug-likeness (QED) is 0.596. The standard InChI is InChI=1S/C4H9NXe/c5-3-1-2-4(3)6/h3-4,6H,1-2,5H2. The first-order valence-electron chi connectivity index (χ1n) is 2.20. The molecule has 6 heavy (non-hydrogen) atoms. The Bertz CT molecular complexity index is 47.5. The van der Waals surface area contributed by atoms with Gasteiger partial charge in [-0.2, -0.15) is 0 Å². The van der Waals surface area contributed by atoms with Gasteiger partial charge in [0.25, 0.3) is 0 Å². The van der Waals surface area contributed by atoms with E-state index in [2.05, 4.69) is 46.5 Å². The summed E-state index contributed by atoms with van der Waals surface area (Å²) in [5.74, 6) is 0. The van der Waals surface area contributed by atoms with Gasteiger partial charge in [-0.1, -0.05) is 0 Å². The summed E-state index contributed by atoms with van der Waals surface area (Å²) in [7, 11) is 0. The van der Waals surface area contributed by atoms with Crippen molar-refractivity contribution in [2.75, 3.05) is 0 Å². The zero-order chi connectivity index (χ0) is 4.57. The number of nitrogens with two attached hydrogens (primary N) is 1. The van der Waals surface area contributed by atoms with E-state index in [-0.39, 0.29) is 0 Å². The molecule has 0 heterocycles. The van der Waals surface area contributed by atoms with E-state index in [1.165, 1.54) is 12.8 Å². The van der Waals surface area contributed by atoms with E-state index in [1.54, 1.807) is 0 Å². The summed E-state index contributed by atoms with van der Waals surface area (Å²) >= 11 is 2.39. The molecule has 1 nitrogen and oxygen atoms in total. The van der Waals surface area contributed by atoms with E-state index >= 15 is 0 Å². The van der Waals surface area contributed by atoms with Crippen LogP contribution in [0.15, 0.2) is 0 Å². The van der Waals surface area contributed by atoms with E-state index in [9.17, 15) is 0 Å². The van der Waals surface area contributed by atoms with Crippen molar-refractivity contribution in [1.29, 1.82) is 0 Å². The van der Waals surface area contributed by atoms with Crippen molar-refractivity contribution in [2.24, 2.45) is 5.73 Å². The molecule has 0 aromatic carbocycles. The van der Waals surface area contributed by atoms with Crippen LogP contribution in [-0.2, 0) is 0 Å². The van der Waals surface area contributed by atoms with Crippen molar-refractivity contribution in [3.63, 3.8) is 0 Å². The van der Waals surface area contributed by atoms with Gasteiger partial charge < -0.3 is 0 Å². The van der Waals surface area contributed by atoms with E-state index in [0.29, 0.717) is 6.04 Å². The topological polar surface area (TPSA) is 26.0 Å². The Morgan fingerprint density at radius 3 is 2.00 bits per heavy atom. The van der Waals surface area contributed by atoms with Crippen molar-refractivity contribution in [3.8, 4) is 0 Å². The number of hydrogen-bond donors (Lipinski definition) is 1. The first-order valence-corrected chi connectivity index (χ1v) is 3.45. The Morgan fingerprint density at radius 1 is 1.50 bits per heavy atom. The molecule has 0 aromatic rings. The first-order chi connectivity index (χ1) is 2.80. The van der Waals surface area contributed by atoms with Gasteiger partial charge in [-0.3, -0.25) is 0 Å². The summed E-state index contributed by atoms with van der Waals surface area (Å²) < 4.78 is 0.780. The second kappa shape index (κ2) is 2.20. The fraction of sp³-hybridized carbons (Fsp3) is 1.00. The van der Waals surface area contributed by atoms with Crippen LogP contribution in [0.1, 0.15) is 12.8 Å². The molecule has 0 aromatic heterocycles. The Balaban J connectivity index is 2.20. The molecule has 1 aliphatic carbocycles. The molecule has 0 spiro atoms. The summed E-state index contributed by atoms with van der Waals surface area (Å²) in [4.78, 5) is 0. The molecule has 0 saturated heterocycles. The molecule has 0 amide bonds. The van der Waals surface area contributed by atoms with E-state index in [0.717, 1.165) is 0.386 Å². The van der Waals surface area contributed by atoms with Crippen molar-refractivity contribution in [3.05, 3.63) is 0 Å². The molecule has 38 valence electrons. The average Bonchev–Trinajstić information content (AvgIpc) is 1.61. The van der Waals surface area contributed by atoms with Gasteiger partial charge in [0.2, 0.25) is 0 Å². The second-order valence-electron chi connectivity index (χ2n) is 1.76. The Morgan fingerprint density at radius 2 is 2.00 bits per heavy atom. The third-order valence-electron chi connectivity index (χ3n) is 1.24. The minimum absolute atomic E-state index is 0.519. The fourth-order valence-corrected chi connectivity index (χ4v) is 1.20. The van der Waals surface area contributed by atoms with Crippen LogP contribution >= 0.6 is 0 Å². The minimum atomic E-state index is 0.519. The predicted molar refractivity (Wildman–Crippen MR) is 22.4 cm³/mol. The predicted octanol–water partition coefficient (Wildman–Crippen LogP) is 0.178. The summed E-state index contributed by atoms with van der Waals surface area (Å²) in [6, 6.07) is 0.519. The van der Waals surface area contributed by atoms with Gasteiger partial charge in [0.1, 0.15) is 0 Å². The zero-order valence-electron chi connectivity index (χ0n) is 3.52. The molecule has 1 aliphatic rings. The molecule has 1 fully saturated rings. The Labute approximate surface area is 70.4 Å². The molecule has 0 bridgehead atoms. The maximum atomic E-state index is 5.51. The van der Waals surface area contributed by atoms with Crippen LogP contribution in [0.4, 0.5) is 0 Å². The van der Waals surface area contributed by atoms with Crippen LogP contribution in [0.5, 0.6) is 0 Å². The van der Waals surface area contributed by atoms with Gasteiger partial charge in [0, 0.05) is 0 Å². The molecule has 2 unspecified atom stereocenters. The van der Waals surface area contributed by atoms with E-state index in [4.69, 9.17) is 5.73 Å². The van der Waals surface area contributed by atoms with Crippen LogP contribution in [0.25, 0.3) is 0 Å². The monoisotopic (exact) mass is 203 g/mol. The molecule has 2 atom stereocenters. The second-order valence-corrected chi connectivity index (χ2v) is 3.36. The Hall–Kier alpha value is 1.53. The first kappa shape index (κ1) is 5.66. The molecule has 2 N–H and O–H groups in total. The Kier molecular flexibility index (Phi) is 2.08. The third-order valence-corrected chi connectivity index (χ3v) is 2.79. The molecular formula is C4H9NXe. The summed E-state index contributed by atoms with van der Waals surface area (Å²) in [5.41, 5.74) is 5.51. The van der Waals surface area contributed by atoms with Gasteiger partial charge in [0.15, 0.2) is 0 Å². The molecule has 2 heteroatoms. The summed E-state index contributed by atoms with van der Waals surface area (Å²) in [5, 5.41) is 0. The number of hydrogen-bond acceptors (Lipinski definition) is 1. The van der Waals surface area contributed by atoms with Crippen LogP contribution in [0.3, 0.4) is 0 Å². The van der Waals surface area contributed by atoms with Crippen LogP contribution in [0.2, 0.25) is 0.386 Å². The van der Waals surface area contributed by atoms with Gasteiger partial charge in [-0.25, -0.2) is 0 Å². The van der Waals surface area contributed by atoms with Gasteiger partial charge in [-0.15, -0.1) is 0 Å². The molecular weight excluding hydrogens is 193 g/mol. The SMILES string of the molecule is NC1CCC1[XeH]. The van der Waals surface area contributed by atoms with Crippen molar-refractivity contribution in [2.45, 2.75) is 19.3 Å². The van der Waals surface area contributed by atoms with E-state index in [1.807, 2.05) is 0 Å². The van der Waals surface area contributed by atoms with Crippen molar-refractivity contribution < 1.29 is 46.5 Å². The van der Waals surface area contributed by atoms with Crippen molar-refractivity contribution >= 4 is 0 Å². The van der Waals surface area contributed by atoms with Gasteiger partial charge in [-0.05, 0) is 0 Å². The molecule has 1 saturated carbocycles. The molecule has 0 radical (unpaired) electrons. The van der Waals surface area contributed by atoms with Gasteiger partial charge in [0.05, 0.1) is 0 Å².